The van der Waals surface area contributed by atoms with Crippen LogP contribution in [0, 0.1) is 10.1 Å². The summed E-state index contributed by atoms with van der Waals surface area (Å²) in [7, 11) is 2.89. The number of methoxy groups -OCH3 is 2. The average Bonchev–Trinajstić information content (AvgIpc) is 3.11. The smallest absolute Gasteiger partial charge is 0.270 e. The van der Waals surface area contributed by atoms with Crippen LogP contribution in [-0.2, 0) is 6.54 Å². The molecule has 9 heteroatoms. The summed E-state index contributed by atoms with van der Waals surface area (Å²) >= 11 is 0. The number of non-ortho nitro benzene ring substituents is 1. The SMILES string of the molecule is COc1cc(/C=C2\CCn3c2nc2ccc([N+](=O)[O-])cc2c3=O)cc(OC)c1O. The first-order valence-corrected chi connectivity index (χ1v) is 8.78. The zero-order valence-corrected chi connectivity index (χ0v) is 15.7. The highest BCUT2D eigenvalue weighted by atomic mass is 16.6. The lowest BCUT2D eigenvalue weighted by Gasteiger charge is -2.10. The predicted molar refractivity (Wildman–Crippen MR) is 106 cm³/mol. The molecular formula is C20H17N3O6. The van der Waals surface area contributed by atoms with Gasteiger partial charge >= 0.3 is 0 Å². The largest absolute Gasteiger partial charge is 0.502 e. The number of ether oxygens (including phenoxy) is 2. The van der Waals surface area contributed by atoms with E-state index in [1.807, 2.05) is 6.08 Å². The summed E-state index contributed by atoms with van der Waals surface area (Å²) in [5.74, 6) is 0.962. The molecular weight excluding hydrogens is 378 g/mol. The molecule has 0 unspecified atom stereocenters. The topological polar surface area (TPSA) is 117 Å². The van der Waals surface area contributed by atoms with Crippen molar-refractivity contribution in [3.8, 4) is 17.2 Å². The zero-order valence-electron chi connectivity index (χ0n) is 15.7. The van der Waals surface area contributed by atoms with Crippen molar-refractivity contribution >= 4 is 28.2 Å². The van der Waals surface area contributed by atoms with Crippen LogP contribution in [0.1, 0.15) is 17.8 Å². The molecule has 0 radical (unpaired) electrons. The molecule has 4 rings (SSSR count). The number of rotatable bonds is 4. The maximum absolute atomic E-state index is 12.8. The summed E-state index contributed by atoms with van der Waals surface area (Å²) < 4.78 is 11.9. The Balaban J connectivity index is 1.85. The molecule has 0 aliphatic carbocycles. The minimum atomic E-state index is -0.534. The van der Waals surface area contributed by atoms with Gasteiger partial charge in [-0.3, -0.25) is 19.5 Å². The fourth-order valence-corrected chi connectivity index (χ4v) is 3.45. The lowest BCUT2D eigenvalue weighted by molar-refractivity contribution is -0.384. The van der Waals surface area contributed by atoms with Gasteiger partial charge in [-0.25, -0.2) is 4.98 Å². The number of allylic oxidation sites excluding steroid dienone is 1. The quantitative estimate of drug-likeness (QED) is 0.533. The molecule has 29 heavy (non-hydrogen) atoms. The number of hydrogen-bond acceptors (Lipinski definition) is 7. The van der Waals surface area contributed by atoms with E-state index in [1.165, 1.54) is 37.0 Å². The fraction of sp³-hybridized carbons (Fsp3) is 0.200. The third-order valence-corrected chi connectivity index (χ3v) is 4.88. The predicted octanol–water partition coefficient (Wildman–Crippen LogP) is 2.97. The van der Waals surface area contributed by atoms with Gasteiger partial charge in [-0.2, -0.15) is 0 Å². The van der Waals surface area contributed by atoms with E-state index in [9.17, 15) is 20.0 Å². The van der Waals surface area contributed by atoms with E-state index in [-0.39, 0.29) is 33.9 Å². The standard InChI is InChI=1S/C20H17N3O6/c1-28-16-8-11(9-17(29-2)18(16)24)7-12-5-6-22-19(12)21-15-4-3-13(23(26)27)10-14(15)20(22)25/h3-4,7-10,24H,5-6H2,1-2H3/b12-7+. The Labute approximate surface area is 164 Å². The molecule has 1 aromatic heterocycles. The maximum atomic E-state index is 12.8. The third kappa shape index (κ3) is 3.06. The summed E-state index contributed by atoms with van der Waals surface area (Å²) in [6.07, 6.45) is 2.43. The van der Waals surface area contributed by atoms with Gasteiger partial charge in [0.25, 0.3) is 11.2 Å². The number of hydrogen-bond donors (Lipinski definition) is 1. The number of nitro benzene ring substituents is 1. The van der Waals surface area contributed by atoms with Gasteiger partial charge < -0.3 is 14.6 Å². The van der Waals surface area contributed by atoms with Crippen LogP contribution in [0.4, 0.5) is 5.69 Å². The van der Waals surface area contributed by atoms with E-state index in [0.29, 0.717) is 24.3 Å². The number of fused-ring (bicyclic) bond motifs is 2. The van der Waals surface area contributed by atoms with Gasteiger partial charge in [0, 0.05) is 18.7 Å². The molecule has 0 amide bonds. The molecule has 2 heterocycles. The number of phenolic OH excluding ortho intramolecular Hbond substituents is 1. The highest BCUT2D eigenvalue weighted by molar-refractivity contribution is 5.86. The summed E-state index contributed by atoms with van der Waals surface area (Å²) in [6, 6.07) is 7.40. The summed E-state index contributed by atoms with van der Waals surface area (Å²) in [5, 5.41) is 21.3. The Kier molecular flexibility index (Phi) is 4.42. The molecule has 2 aromatic carbocycles. The highest BCUT2D eigenvalue weighted by Crippen LogP contribution is 2.38. The third-order valence-electron chi connectivity index (χ3n) is 4.88. The minimum absolute atomic E-state index is 0.0918. The van der Waals surface area contributed by atoms with Crippen molar-refractivity contribution in [2.75, 3.05) is 14.2 Å². The van der Waals surface area contributed by atoms with Crippen molar-refractivity contribution in [2.24, 2.45) is 0 Å². The fourth-order valence-electron chi connectivity index (χ4n) is 3.45. The van der Waals surface area contributed by atoms with Crippen LogP contribution in [0.25, 0.3) is 22.6 Å². The molecule has 0 bridgehead atoms. The number of aromatic hydroxyl groups is 1. The highest BCUT2D eigenvalue weighted by Gasteiger charge is 2.22. The van der Waals surface area contributed by atoms with Gasteiger partial charge in [-0.1, -0.05) is 0 Å². The van der Waals surface area contributed by atoms with Crippen molar-refractivity contribution in [3.05, 3.63) is 62.2 Å². The second kappa shape index (κ2) is 6.93. The van der Waals surface area contributed by atoms with E-state index >= 15 is 0 Å². The van der Waals surface area contributed by atoms with Crippen LogP contribution in [-0.4, -0.2) is 33.8 Å². The number of phenols is 1. The van der Waals surface area contributed by atoms with E-state index in [2.05, 4.69) is 4.98 Å². The summed E-state index contributed by atoms with van der Waals surface area (Å²) in [4.78, 5) is 27.9. The first-order chi connectivity index (χ1) is 13.9. The summed E-state index contributed by atoms with van der Waals surface area (Å²) in [6.45, 7) is 0.429. The number of benzene rings is 2. The van der Waals surface area contributed by atoms with Crippen LogP contribution in [0.2, 0.25) is 0 Å². The summed E-state index contributed by atoms with van der Waals surface area (Å²) in [5.41, 5.74) is 1.50. The number of nitro groups is 1. The van der Waals surface area contributed by atoms with Gasteiger partial charge in [-0.15, -0.1) is 0 Å². The monoisotopic (exact) mass is 395 g/mol. The van der Waals surface area contributed by atoms with Crippen molar-refractivity contribution in [3.63, 3.8) is 0 Å². The van der Waals surface area contributed by atoms with Gasteiger partial charge in [0.05, 0.1) is 30.0 Å². The Morgan fingerprint density at radius 3 is 2.52 bits per heavy atom. The molecule has 1 N–H and O–H groups in total. The molecule has 1 aliphatic heterocycles. The lowest BCUT2D eigenvalue weighted by atomic mass is 10.1. The van der Waals surface area contributed by atoms with Crippen molar-refractivity contribution in [1.82, 2.24) is 9.55 Å². The molecule has 1 aliphatic rings. The van der Waals surface area contributed by atoms with E-state index in [1.54, 1.807) is 12.1 Å². The lowest BCUT2D eigenvalue weighted by Crippen LogP contribution is -2.20. The Morgan fingerprint density at radius 2 is 1.90 bits per heavy atom. The number of nitrogens with zero attached hydrogens (tertiary/aromatic N) is 3. The molecule has 0 atom stereocenters. The zero-order chi connectivity index (χ0) is 20.7. The Bertz CT molecular complexity index is 1220. The van der Waals surface area contributed by atoms with Gasteiger partial charge in [0.1, 0.15) is 5.82 Å². The Hall–Kier alpha value is -3.88. The van der Waals surface area contributed by atoms with E-state index in [4.69, 9.17) is 9.47 Å². The van der Waals surface area contributed by atoms with Crippen molar-refractivity contribution < 1.29 is 19.5 Å². The molecule has 3 aromatic rings. The van der Waals surface area contributed by atoms with E-state index < -0.39 is 4.92 Å². The van der Waals surface area contributed by atoms with Crippen LogP contribution < -0.4 is 15.0 Å². The van der Waals surface area contributed by atoms with E-state index in [0.717, 1.165) is 11.1 Å². The van der Waals surface area contributed by atoms with Crippen molar-refractivity contribution in [1.29, 1.82) is 0 Å². The van der Waals surface area contributed by atoms with Crippen LogP contribution in [0.15, 0.2) is 35.1 Å². The molecule has 9 nitrogen and oxygen atoms in total. The molecule has 0 spiro atoms. The maximum Gasteiger partial charge on any atom is 0.270 e. The normalized spacial score (nSPS) is 14.2. The van der Waals surface area contributed by atoms with Gasteiger partial charge in [-0.05, 0) is 41.8 Å². The number of aromatic nitrogens is 2. The molecule has 0 fully saturated rings. The van der Waals surface area contributed by atoms with Crippen LogP contribution in [0.3, 0.4) is 0 Å². The minimum Gasteiger partial charge on any atom is -0.502 e. The van der Waals surface area contributed by atoms with Gasteiger partial charge in [0.15, 0.2) is 11.5 Å². The van der Waals surface area contributed by atoms with Crippen molar-refractivity contribution in [2.45, 2.75) is 13.0 Å². The Morgan fingerprint density at radius 1 is 1.21 bits per heavy atom. The first-order valence-electron chi connectivity index (χ1n) is 8.78. The van der Waals surface area contributed by atoms with Gasteiger partial charge in [0.2, 0.25) is 5.75 Å². The molecule has 0 saturated carbocycles. The molecule has 0 saturated heterocycles. The second-order valence-electron chi connectivity index (χ2n) is 6.54. The van der Waals surface area contributed by atoms with Crippen LogP contribution in [0.5, 0.6) is 17.2 Å². The van der Waals surface area contributed by atoms with Crippen LogP contribution >= 0.6 is 0 Å². The first kappa shape index (κ1) is 18.5. The molecule has 148 valence electrons. The second-order valence-corrected chi connectivity index (χ2v) is 6.54. The average molecular weight is 395 g/mol.